The first-order valence-corrected chi connectivity index (χ1v) is 15.4. The second kappa shape index (κ2) is 12.1. The maximum absolute atomic E-state index is 14.7. The number of aromatic nitrogens is 3. The predicted molar refractivity (Wildman–Crippen MR) is 159 cm³/mol. The number of pyridine rings is 1. The monoisotopic (exact) mass is 669 g/mol. The molecule has 0 saturated carbocycles. The molecule has 0 fully saturated rings. The molecule has 0 radical (unpaired) electrons. The smallest absolute Gasteiger partial charge is 0.424 e. The first-order valence-electron chi connectivity index (χ1n) is 13.1. The molecule has 0 bridgehead atoms. The lowest BCUT2D eigenvalue weighted by Crippen LogP contribution is -2.52. The third-order valence-electron chi connectivity index (χ3n) is 6.85. The zero-order valence-corrected chi connectivity index (χ0v) is 26.1. The van der Waals surface area contributed by atoms with Crippen LogP contribution in [0, 0.1) is 12.7 Å². The van der Waals surface area contributed by atoms with Crippen molar-refractivity contribution in [2.45, 2.75) is 38.1 Å². The molecule has 1 atom stereocenters. The molecule has 2 aromatic carbocycles. The number of carbonyl (C=O) groups excluding carboxylic acids is 1. The van der Waals surface area contributed by atoms with Crippen LogP contribution < -0.4 is 14.8 Å². The van der Waals surface area contributed by atoms with Gasteiger partial charge in [-0.05, 0) is 74.9 Å². The van der Waals surface area contributed by atoms with Crippen LogP contribution in [0.4, 0.5) is 17.6 Å². The Hall–Kier alpha value is -3.92. The highest BCUT2D eigenvalue weighted by atomic mass is 35.5. The van der Waals surface area contributed by atoms with Gasteiger partial charge in [-0.1, -0.05) is 11.6 Å². The number of halogens is 5. The van der Waals surface area contributed by atoms with E-state index >= 15 is 0 Å². The number of fused-ring (bicyclic) bond motifs is 1. The van der Waals surface area contributed by atoms with Crippen molar-refractivity contribution in [1.82, 2.24) is 25.2 Å². The molecule has 10 nitrogen and oxygen atoms in total. The normalized spacial score (nSPS) is 13.8. The number of nitrogens with zero attached hydrogens (tertiary/aromatic N) is 3. The molecule has 0 saturated heterocycles. The van der Waals surface area contributed by atoms with E-state index in [1.165, 1.54) is 45.2 Å². The molecular formula is C29H28ClF4N5O5S. The highest BCUT2D eigenvalue weighted by molar-refractivity contribution is 7.88. The molecule has 0 aliphatic heterocycles. The van der Waals surface area contributed by atoms with Crippen LogP contribution in [-0.4, -0.2) is 60.7 Å². The maximum atomic E-state index is 14.7. The highest BCUT2D eigenvalue weighted by Gasteiger charge is 2.57. The number of methoxy groups -OCH3 is 1. The summed E-state index contributed by atoms with van der Waals surface area (Å²) >= 11 is 6.58. The van der Waals surface area contributed by atoms with Crippen molar-refractivity contribution in [3.63, 3.8) is 0 Å². The number of aliphatic hydroxyl groups is 1. The molecule has 4 rings (SSSR count). The van der Waals surface area contributed by atoms with Crippen LogP contribution in [0.25, 0.3) is 22.2 Å². The van der Waals surface area contributed by atoms with Crippen molar-refractivity contribution in [2.24, 2.45) is 0 Å². The van der Waals surface area contributed by atoms with Crippen molar-refractivity contribution in [1.29, 1.82) is 0 Å². The second-order valence-corrected chi connectivity index (χ2v) is 13.0. The Labute approximate surface area is 260 Å². The topological polar surface area (TPSA) is 143 Å². The summed E-state index contributed by atoms with van der Waals surface area (Å²) < 4.78 is 89.7. The number of alkyl halides is 3. The number of carbonyl (C=O) groups is 1. The van der Waals surface area contributed by atoms with E-state index < -0.39 is 51.3 Å². The fourth-order valence-corrected chi connectivity index (χ4v) is 6.15. The lowest BCUT2D eigenvalue weighted by molar-refractivity contribution is -0.265. The summed E-state index contributed by atoms with van der Waals surface area (Å²) in [7, 11) is -2.60. The maximum Gasteiger partial charge on any atom is 0.424 e. The molecule has 1 amide bonds. The minimum atomic E-state index is -5.42. The summed E-state index contributed by atoms with van der Waals surface area (Å²) in [6.07, 6.45) is -4.57. The first kappa shape index (κ1) is 34.0. The number of amides is 1. The number of ether oxygens (including phenoxy) is 1. The van der Waals surface area contributed by atoms with Gasteiger partial charge in [0.1, 0.15) is 17.1 Å². The molecule has 3 N–H and O–H groups in total. The standard InChI is InChI=1S/C29H28ClF4N5O5S/c1-15-10-17-11-18(12-21(44-4)24(17)38-37-15)26(40)35-14-28(41,29(32,33)34)22-13-20(27(2,3)39-45(5,42)43)23(30)25(36-22)16-6-8-19(31)9-7-16/h6-13,39,41H,14H2,1-5H3,(H,35,40). The third kappa shape index (κ3) is 7.16. The minimum Gasteiger partial charge on any atom is -0.494 e. The molecule has 2 aromatic heterocycles. The van der Waals surface area contributed by atoms with Crippen molar-refractivity contribution in [2.75, 3.05) is 19.9 Å². The van der Waals surface area contributed by atoms with Crippen LogP contribution in [0.2, 0.25) is 5.02 Å². The molecule has 0 aliphatic carbocycles. The van der Waals surface area contributed by atoms with Gasteiger partial charge in [0, 0.05) is 16.5 Å². The number of sulfonamides is 1. The van der Waals surface area contributed by atoms with Gasteiger partial charge >= 0.3 is 6.18 Å². The van der Waals surface area contributed by atoms with Gasteiger partial charge in [-0.2, -0.15) is 18.3 Å². The van der Waals surface area contributed by atoms with E-state index in [0.717, 1.165) is 24.5 Å². The van der Waals surface area contributed by atoms with E-state index in [2.05, 4.69) is 25.2 Å². The summed E-state index contributed by atoms with van der Waals surface area (Å²) in [4.78, 5) is 17.2. The van der Waals surface area contributed by atoms with E-state index in [0.29, 0.717) is 16.6 Å². The second-order valence-electron chi connectivity index (χ2n) is 10.9. The van der Waals surface area contributed by atoms with Crippen LogP contribution in [0.5, 0.6) is 5.75 Å². The molecule has 0 aliphatic rings. The first-order chi connectivity index (χ1) is 20.8. The van der Waals surface area contributed by atoms with Crippen LogP contribution >= 0.6 is 11.6 Å². The number of rotatable bonds is 9. The molecule has 240 valence electrons. The van der Waals surface area contributed by atoms with Crippen LogP contribution in [0.15, 0.2) is 48.5 Å². The summed E-state index contributed by atoms with van der Waals surface area (Å²) in [5, 5.41) is 21.5. The fraction of sp³-hybridized carbons (Fsp3) is 0.310. The predicted octanol–water partition coefficient (Wildman–Crippen LogP) is 4.77. The molecule has 45 heavy (non-hydrogen) atoms. The number of aryl methyl sites for hydroxylation is 1. The lowest BCUT2D eigenvalue weighted by atomic mass is 9.89. The SMILES string of the molecule is COc1cc(C(=O)NCC(O)(c2cc(C(C)(C)NS(C)(=O)=O)c(Cl)c(-c3ccc(F)cc3)n2)C(F)(F)F)cc2cc(C)nnc12. The van der Waals surface area contributed by atoms with Gasteiger partial charge in [0.15, 0.2) is 0 Å². The molecule has 2 heterocycles. The van der Waals surface area contributed by atoms with E-state index in [1.807, 2.05) is 0 Å². The Morgan fingerprint density at radius 1 is 1.07 bits per heavy atom. The van der Waals surface area contributed by atoms with Gasteiger partial charge in [0.2, 0.25) is 15.6 Å². The summed E-state index contributed by atoms with van der Waals surface area (Å²) in [6, 6.07) is 9.54. The number of benzene rings is 2. The zero-order chi connectivity index (χ0) is 33.5. The number of hydrogen-bond donors (Lipinski definition) is 3. The van der Waals surface area contributed by atoms with Gasteiger partial charge in [-0.25, -0.2) is 22.5 Å². The van der Waals surface area contributed by atoms with Gasteiger partial charge in [-0.3, -0.25) is 4.79 Å². The molecule has 16 heteroatoms. The Morgan fingerprint density at radius 2 is 1.71 bits per heavy atom. The largest absolute Gasteiger partial charge is 0.494 e. The van der Waals surface area contributed by atoms with Crippen molar-refractivity contribution >= 4 is 38.4 Å². The van der Waals surface area contributed by atoms with Gasteiger partial charge in [0.25, 0.3) is 5.91 Å². The van der Waals surface area contributed by atoms with Gasteiger partial charge in [0.05, 0.1) is 47.6 Å². The fourth-order valence-electron chi connectivity index (χ4n) is 4.68. The zero-order valence-electron chi connectivity index (χ0n) is 24.5. The molecule has 0 spiro atoms. The van der Waals surface area contributed by atoms with Crippen molar-refractivity contribution in [3.8, 4) is 17.0 Å². The third-order valence-corrected chi connectivity index (χ3v) is 8.11. The van der Waals surface area contributed by atoms with E-state index in [9.17, 15) is 35.9 Å². The molecule has 4 aromatic rings. The van der Waals surface area contributed by atoms with E-state index in [4.69, 9.17) is 16.3 Å². The van der Waals surface area contributed by atoms with E-state index in [-0.39, 0.29) is 33.2 Å². The Balaban J connectivity index is 1.84. The van der Waals surface area contributed by atoms with Crippen molar-refractivity contribution in [3.05, 3.63) is 81.9 Å². The number of nitrogens with one attached hydrogen (secondary N) is 2. The molecular weight excluding hydrogens is 642 g/mol. The lowest BCUT2D eigenvalue weighted by Gasteiger charge is -2.33. The highest BCUT2D eigenvalue weighted by Crippen LogP contribution is 2.43. The Morgan fingerprint density at radius 3 is 2.29 bits per heavy atom. The average Bonchev–Trinajstić information content (AvgIpc) is 2.93. The van der Waals surface area contributed by atoms with Crippen LogP contribution in [0.1, 0.15) is 41.2 Å². The van der Waals surface area contributed by atoms with Gasteiger partial charge < -0.3 is 15.2 Å². The van der Waals surface area contributed by atoms with E-state index in [1.54, 1.807) is 13.0 Å². The van der Waals surface area contributed by atoms with Crippen LogP contribution in [-0.2, 0) is 21.2 Å². The average molecular weight is 670 g/mol. The quantitative estimate of drug-likeness (QED) is 0.217. The summed E-state index contributed by atoms with van der Waals surface area (Å²) in [5.41, 5.74) is -6.07. The molecule has 1 unspecified atom stereocenters. The van der Waals surface area contributed by atoms with Crippen molar-refractivity contribution < 1.29 is 40.6 Å². The Bertz CT molecular complexity index is 1890. The summed E-state index contributed by atoms with van der Waals surface area (Å²) in [5.74, 6) is -1.49. The Kier molecular flexibility index (Phi) is 9.14. The minimum absolute atomic E-state index is 0.0786. The van der Waals surface area contributed by atoms with Crippen LogP contribution in [0.3, 0.4) is 0 Å². The number of hydrogen-bond acceptors (Lipinski definition) is 8. The summed E-state index contributed by atoms with van der Waals surface area (Å²) in [6.45, 7) is 2.96. The van der Waals surface area contributed by atoms with Gasteiger partial charge in [-0.15, -0.1) is 5.10 Å².